The van der Waals surface area contributed by atoms with Gasteiger partial charge in [-0.15, -0.1) is 0 Å². The number of benzene rings is 1. The van der Waals surface area contributed by atoms with E-state index in [4.69, 9.17) is 24.4 Å². The molecule has 0 saturated carbocycles. The lowest BCUT2D eigenvalue weighted by Crippen LogP contribution is -2.52. The van der Waals surface area contributed by atoms with Crippen LogP contribution in [-0.2, 0) is 11.2 Å². The Morgan fingerprint density at radius 3 is 2.42 bits per heavy atom. The average Bonchev–Trinajstić information content (AvgIpc) is 3.07. The number of aryl methyl sites for hydroxylation is 1. The van der Waals surface area contributed by atoms with Crippen molar-refractivity contribution in [2.45, 2.75) is 45.1 Å². The summed E-state index contributed by atoms with van der Waals surface area (Å²) in [4.78, 5) is 22.6. The summed E-state index contributed by atoms with van der Waals surface area (Å²) in [5, 5.41) is 6.86. The fourth-order valence-corrected chi connectivity index (χ4v) is 6.81. The van der Waals surface area contributed by atoms with E-state index in [-0.39, 0.29) is 0 Å². The number of nitrogens with zero attached hydrogens (tertiary/aromatic N) is 6. The molecule has 0 unspecified atom stereocenters. The molecule has 0 radical (unpaired) electrons. The maximum absolute atomic E-state index is 5.99. The molecule has 0 spiro atoms. The monoisotopic (exact) mass is 588 g/mol. The number of fused-ring (bicyclic) bond motifs is 1. The van der Waals surface area contributed by atoms with Crippen LogP contribution in [0.4, 0.5) is 17.3 Å². The topological polar surface area (TPSA) is 90.9 Å². The second kappa shape index (κ2) is 13.6. The molecule has 5 heterocycles. The molecule has 0 atom stereocenters. The number of nitrogens with one attached hydrogen (secondary N) is 2. The first-order chi connectivity index (χ1) is 21.1. The summed E-state index contributed by atoms with van der Waals surface area (Å²) in [6, 6.07) is 7.21. The van der Waals surface area contributed by atoms with E-state index in [2.05, 4.69) is 57.5 Å². The Morgan fingerprint density at radius 1 is 0.953 bits per heavy atom. The second-order valence-corrected chi connectivity index (χ2v) is 12.2. The van der Waals surface area contributed by atoms with Gasteiger partial charge in [-0.05, 0) is 62.8 Å². The molecule has 3 saturated heterocycles. The lowest BCUT2D eigenvalue weighted by atomic mass is 10.00. The number of anilines is 3. The second-order valence-electron chi connectivity index (χ2n) is 12.2. The minimum absolute atomic E-state index is 0.587. The number of hydrogen-bond acceptors (Lipinski definition) is 10. The third-order valence-electron chi connectivity index (χ3n) is 9.59. The SMILES string of the molecule is CCc1nc2c(NC)ncc(-c3ccc(N4CCC(N5CCN(C)CC5)CC4)c(OC)c3)c2nc1NCC1CCOCC1. The summed E-state index contributed by atoms with van der Waals surface area (Å²) in [7, 11) is 5.88. The fourth-order valence-electron chi connectivity index (χ4n) is 6.81. The number of likely N-dealkylation sites (N-methyl/N-ethyl adjacent to an activating group) is 1. The van der Waals surface area contributed by atoms with Crippen LogP contribution in [-0.4, -0.2) is 111 Å². The van der Waals surface area contributed by atoms with Crippen LogP contribution in [0.2, 0.25) is 0 Å². The van der Waals surface area contributed by atoms with E-state index in [0.717, 1.165) is 103 Å². The van der Waals surface area contributed by atoms with Crippen LogP contribution in [0.25, 0.3) is 22.2 Å². The van der Waals surface area contributed by atoms with Crippen molar-refractivity contribution in [2.75, 3.05) is 95.8 Å². The molecule has 232 valence electrons. The number of hydrogen-bond donors (Lipinski definition) is 2. The molecule has 3 fully saturated rings. The van der Waals surface area contributed by atoms with Crippen molar-refractivity contribution in [3.8, 4) is 16.9 Å². The molecule has 10 nitrogen and oxygen atoms in total. The van der Waals surface area contributed by atoms with Crippen LogP contribution in [0.5, 0.6) is 5.75 Å². The van der Waals surface area contributed by atoms with Gasteiger partial charge in [0.25, 0.3) is 0 Å². The zero-order chi connectivity index (χ0) is 29.8. The highest BCUT2D eigenvalue weighted by Gasteiger charge is 2.28. The highest BCUT2D eigenvalue weighted by molar-refractivity contribution is 5.98. The maximum atomic E-state index is 5.99. The molecule has 1 aromatic carbocycles. The number of ether oxygens (including phenoxy) is 2. The van der Waals surface area contributed by atoms with Gasteiger partial charge in [-0.1, -0.05) is 13.0 Å². The molecule has 43 heavy (non-hydrogen) atoms. The van der Waals surface area contributed by atoms with Crippen LogP contribution in [0.1, 0.15) is 38.3 Å². The van der Waals surface area contributed by atoms with Crippen molar-refractivity contribution in [3.05, 3.63) is 30.1 Å². The van der Waals surface area contributed by atoms with Crippen LogP contribution in [0.15, 0.2) is 24.4 Å². The lowest BCUT2D eigenvalue weighted by molar-refractivity contribution is 0.0699. The molecule has 3 aromatic rings. The predicted molar refractivity (Wildman–Crippen MR) is 175 cm³/mol. The molecular formula is C33H48N8O2. The van der Waals surface area contributed by atoms with Crippen LogP contribution in [0, 0.1) is 5.92 Å². The maximum Gasteiger partial charge on any atom is 0.153 e. The zero-order valence-electron chi connectivity index (χ0n) is 26.4. The van der Waals surface area contributed by atoms with Crippen molar-refractivity contribution in [2.24, 2.45) is 5.92 Å². The smallest absolute Gasteiger partial charge is 0.153 e. The van der Waals surface area contributed by atoms with E-state index in [1.54, 1.807) is 7.11 Å². The summed E-state index contributed by atoms with van der Waals surface area (Å²) in [6.07, 6.45) is 7.23. The predicted octanol–water partition coefficient (Wildman–Crippen LogP) is 4.36. The van der Waals surface area contributed by atoms with Gasteiger partial charge in [0.05, 0.1) is 18.5 Å². The number of piperidine rings is 1. The summed E-state index contributed by atoms with van der Waals surface area (Å²) in [5.41, 5.74) is 5.74. The first-order valence-corrected chi connectivity index (χ1v) is 16.1. The van der Waals surface area contributed by atoms with Gasteiger partial charge in [-0.2, -0.15) is 0 Å². The number of piperazine rings is 1. The summed E-state index contributed by atoms with van der Waals surface area (Å²) < 4.78 is 11.5. The van der Waals surface area contributed by atoms with Gasteiger partial charge in [-0.25, -0.2) is 15.0 Å². The molecule has 0 amide bonds. The van der Waals surface area contributed by atoms with Crippen molar-refractivity contribution < 1.29 is 9.47 Å². The van der Waals surface area contributed by atoms with Crippen molar-refractivity contribution >= 4 is 28.4 Å². The summed E-state index contributed by atoms with van der Waals surface area (Å²) in [6.45, 7) is 11.5. The zero-order valence-corrected chi connectivity index (χ0v) is 26.4. The fraction of sp³-hybridized carbons (Fsp3) is 0.606. The van der Waals surface area contributed by atoms with Crippen LogP contribution in [0.3, 0.4) is 0 Å². The summed E-state index contributed by atoms with van der Waals surface area (Å²) in [5.74, 6) is 3.08. The Kier molecular flexibility index (Phi) is 9.45. The molecule has 2 N–H and O–H groups in total. The Morgan fingerprint density at radius 2 is 1.72 bits per heavy atom. The van der Waals surface area contributed by atoms with E-state index in [9.17, 15) is 0 Å². The van der Waals surface area contributed by atoms with Crippen LogP contribution >= 0.6 is 0 Å². The average molecular weight is 589 g/mol. The lowest BCUT2D eigenvalue weighted by Gasteiger charge is -2.42. The van der Waals surface area contributed by atoms with E-state index in [0.29, 0.717) is 12.0 Å². The van der Waals surface area contributed by atoms with Gasteiger partial charge in [0.1, 0.15) is 22.6 Å². The van der Waals surface area contributed by atoms with Crippen LogP contribution < -0.4 is 20.3 Å². The normalized spacial score (nSPS) is 19.6. The number of aromatic nitrogens is 3. The molecule has 0 bridgehead atoms. The van der Waals surface area contributed by atoms with E-state index < -0.39 is 0 Å². The van der Waals surface area contributed by atoms with Gasteiger partial charge < -0.3 is 29.9 Å². The Hall–Kier alpha value is -3.21. The Balaban J connectivity index is 1.26. The van der Waals surface area contributed by atoms with Gasteiger partial charge in [0.15, 0.2) is 5.82 Å². The van der Waals surface area contributed by atoms with Crippen molar-refractivity contribution in [3.63, 3.8) is 0 Å². The third kappa shape index (κ3) is 6.51. The van der Waals surface area contributed by atoms with Gasteiger partial charge in [0.2, 0.25) is 0 Å². The van der Waals surface area contributed by atoms with Crippen molar-refractivity contribution in [1.82, 2.24) is 24.8 Å². The molecule has 10 heteroatoms. The van der Waals surface area contributed by atoms with Gasteiger partial charge in [0, 0.05) is 83.9 Å². The Bertz CT molecular complexity index is 1380. The third-order valence-corrected chi connectivity index (χ3v) is 9.59. The minimum atomic E-state index is 0.587. The minimum Gasteiger partial charge on any atom is -0.495 e. The van der Waals surface area contributed by atoms with Gasteiger partial charge in [-0.3, -0.25) is 4.90 Å². The number of rotatable bonds is 9. The molecule has 3 aliphatic heterocycles. The van der Waals surface area contributed by atoms with Crippen molar-refractivity contribution in [1.29, 1.82) is 0 Å². The summed E-state index contributed by atoms with van der Waals surface area (Å²) >= 11 is 0. The molecular weight excluding hydrogens is 540 g/mol. The molecule has 2 aromatic heterocycles. The quantitative estimate of drug-likeness (QED) is 0.376. The molecule has 6 rings (SSSR count). The first kappa shape index (κ1) is 29.8. The molecule has 0 aliphatic carbocycles. The van der Waals surface area contributed by atoms with E-state index in [1.807, 2.05) is 13.2 Å². The molecule has 3 aliphatic rings. The number of methoxy groups -OCH3 is 1. The number of pyridine rings is 1. The van der Waals surface area contributed by atoms with E-state index in [1.165, 1.54) is 39.0 Å². The standard InChI is InChI=1S/C33H48N8O2/c1-5-27-32(35-21-23-10-18-43-19-11-23)38-30-26(22-36-33(34-2)31(30)37-27)24-6-7-28(29(20-24)42-4)41-12-8-25(9-13-41)40-16-14-39(3)15-17-40/h6-7,20,22-23,25H,5,8-19,21H2,1-4H3,(H,34,36)(H,35,38). The highest BCUT2D eigenvalue weighted by atomic mass is 16.5. The van der Waals surface area contributed by atoms with Gasteiger partial charge >= 0.3 is 0 Å². The Labute approximate surface area is 256 Å². The largest absolute Gasteiger partial charge is 0.495 e. The highest BCUT2D eigenvalue weighted by Crippen LogP contribution is 2.38. The first-order valence-electron chi connectivity index (χ1n) is 16.1. The van der Waals surface area contributed by atoms with E-state index >= 15 is 0 Å².